The summed E-state index contributed by atoms with van der Waals surface area (Å²) in [6, 6.07) is 6.31. The van der Waals surface area contributed by atoms with Crippen LogP contribution in [0.2, 0.25) is 0 Å². The van der Waals surface area contributed by atoms with Crippen LogP contribution in [0.15, 0.2) is 24.3 Å². The van der Waals surface area contributed by atoms with Gasteiger partial charge in [-0.05, 0) is 37.5 Å². The van der Waals surface area contributed by atoms with Crippen molar-refractivity contribution in [3.05, 3.63) is 35.4 Å². The highest BCUT2D eigenvalue weighted by molar-refractivity contribution is 5.74. The number of nitriles is 1. The molecule has 0 aliphatic carbocycles. The van der Waals surface area contributed by atoms with Gasteiger partial charge in [0.05, 0.1) is 17.7 Å². The van der Waals surface area contributed by atoms with Crippen LogP contribution >= 0.6 is 0 Å². The van der Waals surface area contributed by atoms with Gasteiger partial charge in [-0.1, -0.05) is 12.1 Å². The van der Waals surface area contributed by atoms with E-state index in [1.54, 1.807) is 11.8 Å². The number of carbonyl (C=O) groups excluding carboxylic acids is 1. The second-order valence-electron chi connectivity index (χ2n) is 5.68. The summed E-state index contributed by atoms with van der Waals surface area (Å²) in [5, 5.41) is 11.6. The highest BCUT2D eigenvalue weighted by Gasteiger charge is 2.30. The second kappa shape index (κ2) is 6.90. The van der Waals surface area contributed by atoms with E-state index in [9.17, 15) is 18.0 Å². The molecule has 1 atom stereocenters. The summed E-state index contributed by atoms with van der Waals surface area (Å²) in [4.78, 5) is 13.8. The third-order valence-corrected chi connectivity index (χ3v) is 4.04. The first-order valence-corrected chi connectivity index (χ1v) is 7.43. The highest BCUT2D eigenvalue weighted by atomic mass is 19.4. The summed E-state index contributed by atoms with van der Waals surface area (Å²) in [5.41, 5.74) is -0.100. The molecular formula is C16H18F3N3O. The van der Waals surface area contributed by atoms with Gasteiger partial charge >= 0.3 is 12.2 Å². The molecule has 1 saturated heterocycles. The first-order chi connectivity index (χ1) is 10.8. The van der Waals surface area contributed by atoms with Crippen LogP contribution in [0, 0.1) is 17.2 Å². The Kier molecular flexibility index (Phi) is 5.14. The molecule has 0 saturated carbocycles. The van der Waals surface area contributed by atoms with Crippen LogP contribution in [0.5, 0.6) is 0 Å². The molecule has 1 fully saturated rings. The Morgan fingerprint density at radius 1 is 1.30 bits per heavy atom. The molecule has 2 amide bonds. The van der Waals surface area contributed by atoms with Crippen molar-refractivity contribution >= 4 is 6.03 Å². The second-order valence-corrected chi connectivity index (χ2v) is 5.68. The number of alkyl halides is 3. The molecule has 1 aromatic carbocycles. The third-order valence-electron chi connectivity index (χ3n) is 4.04. The summed E-state index contributed by atoms with van der Waals surface area (Å²) in [5.74, 6) is -0.00798. The standard InChI is InChI=1S/C16H18F3N3O/c1-11(13-2-4-14(5-3-13)16(17,18)19)21-15(23)22-8-6-12(10-20)7-9-22/h2-5,11-12H,6-9H2,1H3,(H,21,23)/t11-/m0/s1. The number of halogens is 3. The van der Waals surface area contributed by atoms with Crippen molar-refractivity contribution in [1.82, 2.24) is 10.2 Å². The number of likely N-dealkylation sites (tertiary alicyclic amines) is 1. The predicted octanol–water partition coefficient (Wildman–Crippen LogP) is 3.71. The molecule has 4 nitrogen and oxygen atoms in total. The van der Waals surface area contributed by atoms with E-state index in [1.807, 2.05) is 0 Å². The van der Waals surface area contributed by atoms with Crippen molar-refractivity contribution in [3.8, 4) is 6.07 Å². The van der Waals surface area contributed by atoms with E-state index in [-0.39, 0.29) is 11.9 Å². The lowest BCUT2D eigenvalue weighted by Crippen LogP contribution is -2.45. The zero-order chi connectivity index (χ0) is 17.0. The van der Waals surface area contributed by atoms with E-state index in [0.717, 1.165) is 12.1 Å². The highest BCUT2D eigenvalue weighted by Crippen LogP contribution is 2.30. The minimum atomic E-state index is -4.36. The molecule has 1 heterocycles. The number of carbonyl (C=O) groups is 1. The Bertz CT molecular complexity index is 584. The minimum absolute atomic E-state index is 0.00798. The maximum Gasteiger partial charge on any atom is 0.416 e. The Morgan fingerprint density at radius 3 is 2.35 bits per heavy atom. The van der Waals surface area contributed by atoms with Crippen molar-refractivity contribution in [3.63, 3.8) is 0 Å². The van der Waals surface area contributed by atoms with Crippen LogP contribution in [0.25, 0.3) is 0 Å². The van der Waals surface area contributed by atoms with Crippen LogP contribution in [-0.4, -0.2) is 24.0 Å². The summed E-state index contributed by atoms with van der Waals surface area (Å²) < 4.78 is 37.6. The number of nitrogens with zero attached hydrogens (tertiary/aromatic N) is 2. The van der Waals surface area contributed by atoms with Gasteiger partial charge in [-0.15, -0.1) is 0 Å². The third kappa shape index (κ3) is 4.38. The van der Waals surface area contributed by atoms with Crippen molar-refractivity contribution in [2.75, 3.05) is 13.1 Å². The molecule has 124 valence electrons. The monoisotopic (exact) mass is 325 g/mol. The number of urea groups is 1. The van der Waals surface area contributed by atoms with Crippen LogP contribution in [0.4, 0.5) is 18.0 Å². The lowest BCUT2D eigenvalue weighted by atomic mass is 9.99. The molecule has 0 bridgehead atoms. The SMILES string of the molecule is C[C@H](NC(=O)N1CCC(C#N)CC1)c1ccc(C(F)(F)F)cc1. The van der Waals surface area contributed by atoms with Crippen LogP contribution in [0.1, 0.15) is 36.9 Å². The van der Waals surface area contributed by atoms with Crippen molar-refractivity contribution < 1.29 is 18.0 Å². The molecule has 1 aliphatic heterocycles. The molecule has 2 rings (SSSR count). The summed E-state index contributed by atoms with van der Waals surface area (Å²) >= 11 is 0. The van der Waals surface area contributed by atoms with Crippen LogP contribution < -0.4 is 5.32 Å². The molecule has 7 heteroatoms. The number of nitrogens with one attached hydrogen (secondary N) is 1. The fourth-order valence-electron chi connectivity index (χ4n) is 2.53. The van der Waals surface area contributed by atoms with Crippen molar-refractivity contribution in [2.45, 2.75) is 32.0 Å². The fourth-order valence-corrected chi connectivity index (χ4v) is 2.53. The van der Waals surface area contributed by atoms with Gasteiger partial charge in [-0.3, -0.25) is 0 Å². The molecule has 1 N–H and O–H groups in total. The normalized spacial score (nSPS) is 17.4. The summed E-state index contributed by atoms with van der Waals surface area (Å²) in [6.07, 6.45) is -3.06. The predicted molar refractivity (Wildman–Crippen MR) is 78.3 cm³/mol. The fraction of sp³-hybridized carbons (Fsp3) is 0.500. The molecule has 0 spiro atoms. The van der Waals surface area contributed by atoms with Gasteiger partial charge in [0, 0.05) is 19.0 Å². The molecule has 0 aromatic heterocycles. The number of amides is 2. The Labute approximate surface area is 132 Å². The van der Waals surface area contributed by atoms with E-state index >= 15 is 0 Å². The van der Waals surface area contributed by atoms with E-state index in [0.29, 0.717) is 31.5 Å². The van der Waals surface area contributed by atoms with Gasteiger partial charge in [0.15, 0.2) is 0 Å². The quantitative estimate of drug-likeness (QED) is 0.901. The van der Waals surface area contributed by atoms with Crippen molar-refractivity contribution in [2.24, 2.45) is 5.92 Å². The van der Waals surface area contributed by atoms with Gasteiger partial charge in [-0.25, -0.2) is 4.79 Å². The Balaban J connectivity index is 1.92. The van der Waals surface area contributed by atoms with E-state index in [1.165, 1.54) is 12.1 Å². The van der Waals surface area contributed by atoms with Gasteiger partial charge in [0.2, 0.25) is 0 Å². The molecular weight excluding hydrogens is 307 g/mol. The van der Waals surface area contributed by atoms with Gasteiger partial charge in [0.25, 0.3) is 0 Å². The van der Waals surface area contributed by atoms with E-state index in [4.69, 9.17) is 5.26 Å². The Hall–Kier alpha value is -2.23. The number of hydrogen-bond acceptors (Lipinski definition) is 2. The zero-order valence-corrected chi connectivity index (χ0v) is 12.7. The molecule has 0 radical (unpaired) electrons. The largest absolute Gasteiger partial charge is 0.416 e. The Morgan fingerprint density at radius 2 is 1.87 bits per heavy atom. The minimum Gasteiger partial charge on any atom is -0.331 e. The van der Waals surface area contributed by atoms with Crippen LogP contribution in [0.3, 0.4) is 0 Å². The molecule has 0 unspecified atom stereocenters. The van der Waals surface area contributed by atoms with Gasteiger partial charge < -0.3 is 10.2 Å². The van der Waals surface area contributed by atoms with Gasteiger partial charge in [-0.2, -0.15) is 18.4 Å². The average Bonchev–Trinajstić information content (AvgIpc) is 2.54. The molecule has 1 aliphatic rings. The maximum atomic E-state index is 12.5. The number of rotatable bonds is 2. The average molecular weight is 325 g/mol. The first kappa shape index (κ1) is 17.1. The summed E-state index contributed by atoms with van der Waals surface area (Å²) in [7, 11) is 0. The topological polar surface area (TPSA) is 56.1 Å². The zero-order valence-electron chi connectivity index (χ0n) is 12.7. The molecule has 23 heavy (non-hydrogen) atoms. The van der Waals surface area contributed by atoms with Crippen LogP contribution in [-0.2, 0) is 6.18 Å². The number of benzene rings is 1. The molecule has 1 aromatic rings. The smallest absolute Gasteiger partial charge is 0.331 e. The summed E-state index contributed by atoms with van der Waals surface area (Å²) in [6.45, 7) is 2.76. The van der Waals surface area contributed by atoms with E-state index in [2.05, 4.69) is 11.4 Å². The lowest BCUT2D eigenvalue weighted by Gasteiger charge is -2.30. The van der Waals surface area contributed by atoms with Crippen molar-refractivity contribution in [1.29, 1.82) is 5.26 Å². The number of hydrogen-bond donors (Lipinski definition) is 1. The van der Waals surface area contributed by atoms with E-state index < -0.39 is 17.8 Å². The first-order valence-electron chi connectivity index (χ1n) is 7.43. The lowest BCUT2D eigenvalue weighted by molar-refractivity contribution is -0.137. The maximum absolute atomic E-state index is 12.5. The number of piperidine rings is 1. The van der Waals surface area contributed by atoms with Gasteiger partial charge in [0.1, 0.15) is 0 Å².